The lowest BCUT2D eigenvalue weighted by atomic mass is 10.1. The van der Waals surface area contributed by atoms with Crippen LogP contribution in [-0.2, 0) is 0 Å². The molecule has 0 unspecified atom stereocenters. The largest absolute Gasteiger partial charge is 0.490 e. The van der Waals surface area contributed by atoms with Crippen LogP contribution in [0.2, 0.25) is 5.02 Å². The Morgan fingerprint density at radius 2 is 2.14 bits per heavy atom. The molecule has 2 rings (SSSR count). The Balaban J connectivity index is 1.76. The van der Waals surface area contributed by atoms with Gasteiger partial charge in [0.1, 0.15) is 11.9 Å². The van der Waals surface area contributed by atoms with Crippen molar-refractivity contribution in [2.45, 2.75) is 32.8 Å². The van der Waals surface area contributed by atoms with Crippen LogP contribution < -0.4 is 10.1 Å². The predicted molar refractivity (Wildman–Crippen MR) is 84.9 cm³/mol. The van der Waals surface area contributed by atoms with Crippen LogP contribution in [0.3, 0.4) is 0 Å². The summed E-state index contributed by atoms with van der Waals surface area (Å²) in [4.78, 5) is 13.8. The van der Waals surface area contributed by atoms with Gasteiger partial charge in [-0.15, -0.1) is 0 Å². The van der Waals surface area contributed by atoms with Crippen LogP contribution in [0.25, 0.3) is 0 Å². The summed E-state index contributed by atoms with van der Waals surface area (Å²) in [5, 5.41) is 3.63. The summed E-state index contributed by atoms with van der Waals surface area (Å²) < 4.78 is 5.92. The van der Waals surface area contributed by atoms with Gasteiger partial charge in [-0.25, -0.2) is 4.79 Å². The van der Waals surface area contributed by atoms with E-state index in [1.807, 2.05) is 29.2 Å². The number of halogens is 1. The van der Waals surface area contributed by atoms with E-state index in [1.165, 1.54) is 0 Å². The molecule has 1 aromatic rings. The van der Waals surface area contributed by atoms with Gasteiger partial charge in [-0.1, -0.05) is 31.5 Å². The maximum atomic E-state index is 12.0. The van der Waals surface area contributed by atoms with Gasteiger partial charge >= 0.3 is 6.03 Å². The molecule has 1 heterocycles. The van der Waals surface area contributed by atoms with Crippen molar-refractivity contribution in [3.05, 3.63) is 29.3 Å². The van der Waals surface area contributed by atoms with E-state index in [9.17, 15) is 4.79 Å². The highest BCUT2D eigenvalue weighted by molar-refractivity contribution is 6.30. The summed E-state index contributed by atoms with van der Waals surface area (Å²) in [5.41, 5.74) is 0. The number of hydrogen-bond acceptors (Lipinski definition) is 2. The highest BCUT2D eigenvalue weighted by Gasteiger charge is 2.23. The first-order valence-corrected chi connectivity index (χ1v) is 7.87. The standard InChI is InChI=1S/C16H23ClN2O2/c1-12(2)11-18-16(20)19-8-6-14(7-9-19)21-15-5-3-4-13(17)10-15/h3-5,10,12,14H,6-9,11H2,1-2H3,(H,18,20). The van der Waals surface area contributed by atoms with Crippen LogP contribution in [0, 0.1) is 5.92 Å². The zero-order valence-corrected chi connectivity index (χ0v) is 13.4. The average molecular weight is 311 g/mol. The van der Waals surface area contributed by atoms with Crippen LogP contribution in [0.15, 0.2) is 24.3 Å². The van der Waals surface area contributed by atoms with Crippen molar-refractivity contribution < 1.29 is 9.53 Å². The van der Waals surface area contributed by atoms with Crippen molar-refractivity contribution >= 4 is 17.6 Å². The lowest BCUT2D eigenvalue weighted by molar-refractivity contribution is 0.111. The number of carbonyl (C=O) groups is 1. The molecular formula is C16H23ClN2O2. The quantitative estimate of drug-likeness (QED) is 0.924. The Morgan fingerprint density at radius 3 is 2.76 bits per heavy atom. The summed E-state index contributed by atoms with van der Waals surface area (Å²) in [6.45, 7) is 6.36. The molecule has 0 saturated carbocycles. The van der Waals surface area contributed by atoms with E-state index in [-0.39, 0.29) is 12.1 Å². The topological polar surface area (TPSA) is 41.6 Å². The molecule has 0 bridgehead atoms. The molecule has 2 amide bonds. The highest BCUT2D eigenvalue weighted by Crippen LogP contribution is 2.22. The minimum Gasteiger partial charge on any atom is -0.490 e. The molecule has 0 spiro atoms. The smallest absolute Gasteiger partial charge is 0.317 e. The van der Waals surface area contributed by atoms with E-state index in [2.05, 4.69) is 19.2 Å². The predicted octanol–water partition coefficient (Wildman–Crippen LogP) is 3.55. The second-order valence-electron chi connectivity index (χ2n) is 5.84. The summed E-state index contributed by atoms with van der Waals surface area (Å²) in [5.74, 6) is 1.27. The molecule has 0 aromatic heterocycles. The molecule has 4 nitrogen and oxygen atoms in total. The van der Waals surface area contributed by atoms with Gasteiger partial charge in [0.2, 0.25) is 0 Å². The number of nitrogens with one attached hydrogen (secondary N) is 1. The van der Waals surface area contributed by atoms with Gasteiger partial charge in [-0.05, 0) is 24.1 Å². The van der Waals surface area contributed by atoms with Crippen LogP contribution in [0.5, 0.6) is 5.75 Å². The fourth-order valence-electron chi connectivity index (χ4n) is 2.31. The molecule has 0 atom stereocenters. The molecule has 1 N–H and O–H groups in total. The molecule has 1 aliphatic heterocycles. The average Bonchev–Trinajstić information content (AvgIpc) is 2.45. The first kappa shape index (κ1) is 16.0. The van der Waals surface area contributed by atoms with E-state index < -0.39 is 0 Å². The summed E-state index contributed by atoms with van der Waals surface area (Å²) in [7, 11) is 0. The normalized spacial score (nSPS) is 16.1. The monoisotopic (exact) mass is 310 g/mol. The summed E-state index contributed by atoms with van der Waals surface area (Å²) >= 11 is 5.95. The summed E-state index contributed by atoms with van der Waals surface area (Å²) in [6, 6.07) is 7.48. The fourth-order valence-corrected chi connectivity index (χ4v) is 2.49. The second-order valence-corrected chi connectivity index (χ2v) is 6.28. The van der Waals surface area contributed by atoms with Crippen LogP contribution in [-0.4, -0.2) is 36.7 Å². The molecule has 0 aliphatic carbocycles. The number of carbonyl (C=O) groups excluding carboxylic acids is 1. The Morgan fingerprint density at radius 1 is 1.43 bits per heavy atom. The van der Waals surface area contributed by atoms with Gasteiger partial charge < -0.3 is 15.0 Å². The number of benzene rings is 1. The Kier molecular flexibility index (Phi) is 5.74. The van der Waals surface area contributed by atoms with E-state index >= 15 is 0 Å². The van der Waals surface area contributed by atoms with Gasteiger partial charge in [0.15, 0.2) is 0 Å². The molecule has 0 radical (unpaired) electrons. The number of urea groups is 1. The maximum absolute atomic E-state index is 12.0. The molecule has 21 heavy (non-hydrogen) atoms. The number of rotatable bonds is 4. The summed E-state index contributed by atoms with van der Waals surface area (Å²) in [6.07, 6.45) is 1.85. The minimum absolute atomic E-state index is 0.0323. The van der Waals surface area contributed by atoms with Gasteiger partial charge in [0.05, 0.1) is 0 Å². The SMILES string of the molecule is CC(C)CNC(=O)N1CCC(Oc2cccc(Cl)c2)CC1. The van der Waals surface area contributed by atoms with E-state index in [1.54, 1.807) is 0 Å². The lowest BCUT2D eigenvalue weighted by Gasteiger charge is -2.32. The number of amides is 2. The van der Waals surface area contributed by atoms with Crippen molar-refractivity contribution in [3.63, 3.8) is 0 Å². The highest BCUT2D eigenvalue weighted by atomic mass is 35.5. The molecule has 116 valence electrons. The maximum Gasteiger partial charge on any atom is 0.317 e. The molecular weight excluding hydrogens is 288 g/mol. The first-order chi connectivity index (χ1) is 10.0. The fraction of sp³-hybridized carbons (Fsp3) is 0.562. The molecule has 1 aliphatic rings. The number of ether oxygens (including phenoxy) is 1. The van der Waals surface area contributed by atoms with E-state index in [0.29, 0.717) is 10.9 Å². The third kappa shape index (κ3) is 5.12. The third-order valence-corrected chi connectivity index (χ3v) is 3.72. The Bertz CT molecular complexity index is 471. The van der Waals surface area contributed by atoms with Gasteiger partial charge in [0, 0.05) is 37.5 Å². The van der Waals surface area contributed by atoms with Gasteiger partial charge in [0.25, 0.3) is 0 Å². The zero-order valence-electron chi connectivity index (χ0n) is 12.6. The number of piperidine rings is 1. The van der Waals surface area contributed by atoms with Crippen molar-refractivity contribution in [3.8, 4) is 5.75 Å². The Labute approximate surface area is 131 Å². The van der Waals surface area contributed by atoms with Crippen molar-refractivity contribution in [2.24, 2.45) is 5.92 Å². The van der Waals surface area contributed by atoms with E-state index in [0.717, 1.165) is 38.2 Å². The van der Waals surface area contributed by atoms with Crippen LogP contribution >= 0.6 is 11.6 Å². The molecule has 5 heteroatoms. The zero-order chi connectivity index (χ0) is 15.2. The number of nitrogens with zero attached hydrogens (tertiary/aromatic N) is 1. The second kappa shape index (κ2) is 7.55. The van der Waals surface area contributed by atoms with E-state index in [4.69, 9.17) is 16.3 Å². The van der Waals surface area contributed by atoms with Crippen LogP contribution in [0.1, 0.15) is 26.7 Å². The minimum atomic E-state index is 0.0323. The molecule has 1 fully saturated rings. The lowest BCUT2D eigenvalue weighted by Crippen LogP contribution is -2.47. The molecule has 1 aromatic carbocycles. The first-order valence-electron chi connectivity index (χ1n) is 7.49. The third-order valence-electron chi connectivity index (χ3n) is 3.49. The Hall–Kier alpha value is -1.42. The van der Waals surface area contributed by atoms with Crippen molar-refractivity contribution in [1.29, 1.82) is 0 Å². The van der Waals surface area contributed by atoms with Crippen molar-refractivity contribution in [2.75, 3.05) is 19.6 Å². The number of hydrogen-bond donors (Lipinski definition) is 1. The number of likely N-dealkylation sites (tertiary alicyclic amines) is 1. The molecule has 1 saturated heterocycles. The van der Waals surface area contributed by atoms with Gasteiger partial charge in [-0.3, -0.25) is 0 Å². The van der Waals surface area contributed by atoms with Gasteiger partial charge in [-0.2, -0.15) is 0 Å². The van der Waals surface area contributed by atoms with Crippen molar-refractivity contribution in [1.82, 2.24) is 10.2 Å². The van der Waals surface area contributed by atoms with Crippen LogP contribution in [0.4, 0.5) is 4.79 Å².